The standard InChI is InChI=1S/C54H34N6/c1-6-18-35(19-7-1)47-48-45-34-39(53-57-51(36-20-8-2-9-21-36)56-52(58-53)37-22-10-3-11-23-37)30-31-41(45)43-32-33-44-42-28-16-17-29-46(42)59(40-26-14-5-15-27-40)49(44)50(43)60(48)54(55-47)38-24-12-4-13-25-38/h1-34H. The topological polar surface area (TPSA) is 60.9 Å². The van der Waals surface area contributed by atoms with Crippen molar-refractivity contribution in [2.45, 2.75) is 0 Å². The number of nitrogens with zero attached hydrogens (tertiary/aromatic N) is 6. The third-order valence-corrected chi connectivity index (χ3v) is 11.5. The highest BCUT2D eigenvalue weighted by Gasteiger charge is 2.25. The van der Waals surface area contributed by atoms with Gasteiger partial charge in [-0.15, -0.1) is 0 Å². The van der Waals surface area contributed by atoms with Crippen LogP contribution in [0, 0.1) is 0 Å². The van der Waals surface area contributed by atoms with Crippen LogP contribution in [0.1, 0.15) is 0 Å². The summed E-state index contributed by atoms with van der Waals surface area (Å²) >= 11 is 0. The predicted octanol–water partition coefficient (Wildman–Crippen LogP) is 13.3. The van der Waals surface area contributed by atoms with E-state index in [0.717, 1.165) is 83.2 Å². The number of hydrogen-bond donors (Lipinski definition) is 0. The molecule has 12 aromatic rings. The summed E-state index contributed by atoms with van der Waals surface area (Å²) in [5, 5.41) is 5.67. The lowest BCUT2D eigenvalue weighted by atomic mass is 9.98. The quantitative estimate of drug-likeness (QED) is 0.158. The first kappa shape index (κ1) is 33.9. The van der Waals surface area contributed by atoms with Crippen LogP contribution in [0.25, 0.3) is 111 Å². The molecule has 0 N–H and O–H groups in total. The fourth-order valence-electron chi connectivity index (χ4n) is 8.85. The normalized spacial score (nSPS) is 11.7. The molecule has 0 aliphatic heterocycles. The highest BCUT2D eigenvalue weighted by molar-refractivity contribution is 6.25. The summed E-state index contributed by atoms with van der Waals surface area (Å²) in [6, 6.07) is 72.0. The van der Waals surface area contributed by atoms with E-state index in [1.807, 2.05) is 60.7 Å². The molecule has 280 valence electrons. The highest BCUT2D eigenvalue weighted by Crippen LogP contribution is 2.44. The summed E-state index contributed by atoms with van der Waals surface area (Å²) in [4.78, 5) is 20.9. The highest BCUT2D eigenvalue weighted by atomic mass is 15.1. The van der Waals surface area contributed by atoms with Crippen LogP contribution in [0.4, 0.5) is 0 Å². The Hall–Kier alpha value is -8.22. The van der Waals surface area contributed by atoms with Crippen molar-refractivity contribution < 1.29 is 0 Å². The third kappa shape index (κ3) is 5.35. The molecule has 4 aromatic heterocycles. The van der Waals surface area contributed by atoms with Gasteiger partial charge in [0.05, 0.1) is 27.8 Å². The molecule has 0 atom stereocenters. The van der Waals surface area contributed by atoms with Gasteiger partial charge < -0.3 is 4.57 Å². The second kappa shape index (κ2) is 13.7. The first-order chi connectivity index (χ1) is 29.8. The maximum atomic E-state index is 5.62. The van der Waals surface area contributed by atoms with E-state index in [1.165, 1.54) is 10.8 Å². The van der Waals surface area contributed by atoms with Crippen molar-refractivity contribution in [3.63, 3.8) is 0 Å². The smallest absolute Gasteiger partial charge is 0.164 e. The Labute approximate surface area is 345 Å². The van der Waals surface area contributed by atoms with Crippen LogP contribution < -0.4 is 0 Å². The van der Waals surface area contributed by atoms with Gasteiger partial charge in [0.1, 0.15) is 5.82 Å². The van der Waals surface area contributed by atoms with E-state index in [-0.39, 0.29) is 0 Å². The van der Waals surface area contributed by atoms with Gasteiger partial charge >= 0.3 is 0 Å². The van der Waals surface area contributed by atoms with Crippen molar-refractivity contribution in [3.8, 4) is 62.5 Å². The molecule has 60 heavy (non-hydrogen) atoms. The Morgan fingerprint density at radius 1 is 0.300 bits per heavy atom. The summed E-state index contributed by atoms with van der Waals surface area (Å²) in [5.74, 6) is 2.73. The maximum absolute atomic E-state index is 5.62. The number of hydrogen-bond acceptors (Lipinski definition) is 4. The number of imidazole rings is 1. The second-order valence-electron chi connectivity index (χ2n) is 15.0. The van der Waals surface area contributed by atoms with Gasteiger partial charge in [-0.25, -0.2) is 19.9 Å². The SMILES string of the molecule is c1ccc(-c2nc(-c3ccccc3)nc(-c3ccc4c(c3)c3c(-c5ccccc5)nc(-c5ccccc5)n3c3c4ccc4c5ccccc5n(-c5ccccc5)c43)n2)cc1. The first-order valence-corrected chi connectivity index (χ1v) is 20.2. The summed E-state index contributed by atoms with van der Waals surface area (Å²) < 4.78 is 4.84. The van der Waals surface area contributed by atoms with Crippen LogP contribution in [-0.2, 0) is 0 Å². The molecule has 0 amide bonds. The molecule has 0 aliphatic rings. The number of para-hydroxylation sites is 2. The van der Waals surface area contributed by atoms with Crippen LogP contribution in [0.3, 0.4) is 0 Å². The lowest BCUT2D eigenvalue weighted by Crippen LogP contribution is -2.01. The lowest BCUT2D eigenvalue weighted by molar-refractivity contribution is 1.07. The summed E-state index contributed by atoms with van der Waals surface area (Å²) in [6.45, 7) is 0. The van der Waals surface area contributed by atoms with E-state index >= 15 is 0 Å². The van der Waals surface area contributed by atoms with Crippen LogP contribution in [0.2, 0.25) is 0 Å². The molecule has 0 saturated carbocycles. The average molecular weight is 767 g/mol. The Morgan fingerprint density at radius 2 is 0.783 bits per heavy atom. The van der Waals surface area contributed by atoms with Crippen molar-refractivity contribution in [1.82, 2.24) is 28.9 Å². The van der Waals surface area contributed by atoms with Gasteiger partial charge in [-0.05, 0) is 29.7 Å². The van der Waals surface area contributed by atoms with Crippen LogP contribution in [0.5, 0.6) is 0 Å². The van der Waals surface area contributed by atoms with E-state index in [2.05, 4.69) is 155 Å². The molecule has 0 spiro atoms. The van der Waals surface area contributed by atoms with E-state index in [4.69, 9.17) is 19.9 Å². The zero-order valence-electron chi connectivity index (χ0n) is 32.3. The Bertz CT molecular complexity index is 3500. The minimum atomic E-state index is 0.603. The molecule has 0 aliphatic carbocycles. The Balaban J connectivity index is 1.26. The summed E-state index contributed by atoms with van der Waals surface area (Å²) in [7, 11) is 0. The Morgan fingerprint density at radius 3 is 1.40 bits per heavy atom. The van der Waals surface area contributed by atoms with E-state index in [1.54, 1.807) is 0 Å². The second-order valence-corrected chi connectivity index (χ2v) is 15.0. The molecule has 12 rings (SSSR count). The molecular formula is C54H34N6. The molecule has 0 radical (unpaired) electrons. The summed E-state index contributed by atoms with van der Waals surface area (Å²) in [6.07, 6.45) is 0. The minimum Gasteiger partial charge on any atom is -0.307 e. The third-order valence-electron chi connectivity index (χ3n) is 11.5. The minimum absolute atomic E-state index is 0.603. The van der Waals surface area contributed by atoms with Crippen LogP contribution in [0.15, 0.2) is 206 Å². The zero-order valence-corrected chi connectivity index (χ0v) is 32.3. The van der Waals surface area contributed by atoms with Gasteiger partial charge in [0.25, 0.3) is 0 Å². The fourth-order valence-corrected chi connectivity index (χ4v) is 8.85. The molecule has 0 unspecified atom stereocenters. The van der Waals surface area contributed by atoms with E-state index in [9.17, 15) is 0 Å². The molecule has 0 fully saturated rings. The molecule has 0 bridgehead atoms. The van der Waals surface area contributed by atoms with Gasteiger partial charge in [-0.2, -0.15) is 0 Å². The Kier molecular flexibility index (Phi) is 7.74. The molecule has 0 saturated heterocycles. The molecule has 6 nitrogen and oxygen atoms in total. The molecule has 4 heterocycles. The maximum Gasteiger partial charge on any atom is 0.164 e. The largest absolute Gasteiger partial charge is 0.307 e. The number of aromatic nitrogens is 6. The van der Waals surface area contributed by atoms with Gasteiger partial charge in [-0.1, -0.05) is 182 Å². The lowest BCUT2D eigenvalue weighted by Gasteiger charge is -2.16. The molecular weight excluding hydrogens is 733 g/mol. The van der Waals surface area contributed by atoms with Crippen molar-refractivity contribution in [2.24, 2.45) is 0 Å². The number of fused-ring (bicyclic) bond motifs is 10. The monoisotopic (exact) mass is 766 g/mol. The average Bonchev–Trinajstić information content (AvgIpc) is 3.90. The van der Waals surface area contributed by atoms with Crippen LogP contribution >= 0.6 is 0 Å². The van der Waals surface area contributed by atoms with E-state index in [0.29, 0.717) is 17.5 Å². The number of rotatable bonds is 6. The fraction of sp³-hybridized carbons (Fsp3) is 0. The predicted molar refractivity (Wildman–Crippen MR) is 245 cm³/mol. The zero-order chi connectivity index (χ0) is 39.6. The summed E-state index contributed by atoms with van der Waals surface area (Å²) in [5.41, 5.74) is 11.2. The van der Waals surface area contributed by atoms with Gasteiger partial charge in [-0.3, -0.25) is 4.40 Å². The first-order valence-electron chi connectivity index (χ1n) is 20.2. The molecule has 8 aromatic carbocycles. The van der Waals surface area contributed by atoms with Gasteiger partial charge in [0.2, 0.25) is 0 Å². The number of pyridine rings is 1. The van der Waals surface area contributed by atoms with E-state index < -0.39 is 0 Å². The van der Waals surface area contributed by atoms with Crippen LogP contribution in [-0.4, -0.2) is 28.9 Å². The van der Waals surface area contributed by atoms with Crippen molar-refractivity contribution in [3.05, 3.63) is 206 Å². The van der Waals surface area contributed by atoms with Crippen molar-refractivity contribution >= 4 is 49.0 Å². The van der Waals surface area contributed by atoms with Crippen molar-refractivity contribution in [2.75, 3.05) is 0 Å². The van der Waals surface area contributed by atoms with Gasteiger partial charge in [0.15, 0.2) is 17.5 Å². The van der Waals surface area contributed by atoms with Crippen molar-refractivity contribution in [1.29, 1.82) is 0 Å². The number of benzene rings is 8. The molecule has 6 heteroatoms. The van der Waals surface area contributed by atoms with Gasteiger partial charge in [0, 0.05) is 55.0 Å².